The minimum atomic E-state index is 0.328. The summed E-state index contributed by atoms with van der Waals surface area (Å²) in [6.07, 6.45) is 3.57. The van der Waals surface area contributed by atoms with Crippen LogP contribution in [0.2, 0.25) is 0 Å². The summed E-state index contributed by atoms with van der Waals surface area (Å²) in [5, 5.41) is 0. The van der Waals surface area contributed by atoms with Gasteiger partial charge in [0.15, 0.2) is 0 Å². The molecule has 0 spiro atoms. The third-order valence-corrected chi connectivity index (χ3v) is 3.57. The van der Waals surface area contributed by atoms with Crippen LogP contribution in [-0.2, 0) is 16.1 Å². The van der Waals surface area contributed by atoms with Crippen LogP contribution in [0.5, 0.6) is 0 Å². The SMILES string of the molecule is Brc1cccc(COC2CCC3OC23)c1. The molecule has 1 aliphatic heterocycles. The maximum atomic E-state index is 5.85. The highest BCUT2D eigenvalue weighted by Gasteiger charge is 2.50. The zero-order valence-corrected chi connectivity index (χ0v) is 9.94. The van der Waals surface area contributed by atoms with Crippen molar-refractivity contribution in [3.63, 3.8) is 0 Å². The third kappa shape index (κ3) is 2.10. The van der Waals surface area contributed by atoms with E-state index in [-0.39, 0.29) is 0 Å². The molecular weight excluding hydrogens is 256 g/mol. The number of rotatable bonds is 3. The molecule has 1 aliphatic carbocycles. The van der Waals surface area contributed by atoms with Gasteiger partial charge in [0.05, 0.1) is 18.8 Å². The molecule has 80 valence electrons. The molecule has 2 nitrogen and oxygen atoms in total. The second kappa shape index (κ2) is 3.89. The van der Waals surface area contributed by atoms with Crippen molar-refractivity contribution in [3.05, 3.63) is 34.3 Å². The van der Waals surface area contributed by atoms with Crippen LogP contribution in [0, 0.1) is 0 Å². The topological polar surface area (TPSA) is 21.8 Å². The molecule has 1 saturated heterocycles. The average molecular weight is 269 g/mol. The Hall–Kier alpha value is -0.380. The maximum Gasteiger partial charge on any atom is 0.110 e. The van der Waals surface area contributed by atoms with Crippen molar-refractivity contribution in [2.24, 2.45) is 0 Å². The first-order valence-electron chi connectivity index (χ1n) is 5.34. The van der Waals surface area contributed by atoms with Crippen LogP contribution in [0.1, 0.15) is 18.4 Å². The zero-order valence-electron chi connectivity index (χ0n) is 8.36. The van der Waals surface area contributed by atoms with Gasteiger partial charge < -0.3 is 9.47 Å². The van der Waals surface area contributed by atoms with Crippen LogP contribution in [0.4, 0.5) is 0 Å². The van der Waals surface area contributed by atoms with E-state index in [1.165, 1.54) is 12.0 Å². The van der Waals surface area contributed by atoms with Gasteiger partial charge in [-0.05, 0) is 30.5 Å². The standard InChI is InChI=1S/C12H13BrO2/c13-9-3-1-2-8(6-9)7-14-10-4-5-11-12(10)15-11/h1-3,6,10-12H,4-5,7H2. The molecule has 1 aromatic carbocycles. The predicted molar refractivity (Wildman–Crippen MR) is 60.6 cm³/mol. The van der Waals surface area contributed by atoms with Crippen LogP contribution >= 0.6 is 15.9 Å². The molecule has 1 heterocycles. The summed E-state index contributed by atoms with van der Waals surface area (Å²) < 4.78 is 12.4. The van der Waals surface area contributed by atoms with Crippen molar-refractivity contribution in [1.29, 1.82) is 0 Å². The first kappa shape index (κ1) is 9.82. The summed E-state index contributed by atoms with van der Waals surface area (Å²) in [6, 6.07) is 8.25. The van der Waals surface area contributed by atoms with Gasteiger partial charge in [-0.1, -0.05) is 28.1 Å². The van der Waals surface area contributed by atoms with Crippen molar-refractivity contribution in [3.8, 4) is 0 Å². The summed E-state index contributed by atoms with van der Waals surface area (Å²) >= 11 is 3.46. The van der Waals surface area contributed by atoms with E-state index in [0.29, 0.717) is 24.9 Å². The second-order valence-electron chi connectivity index (χ2n) is 4.20. The Morgan fingerprint density at radius 2 is 2.33 bits per heavy atom. The fraction of sp³-hybridized carbons (Fsp3) is 0.500. The Morgan fingerprint density at radius 1 is 1.40 bits per heavy atom. The van der Waals surface area contributed by atoms with E-state index in [1.807, 2.05) is 12.1 Å². The Bertz CT molecular complexity index is 366. The minimum Gasteiger partial charge on any atom is -0.371 e. The molecule has 2 fully saturated rings. The highest BCUT2D eigenvalue weighted by molar-refractivity contribution is 9.10. The number of fused-ring (bicyclic) bond motifs is 1. The maximum absolute atomic E-state index is 5.85. The zero-order chi connectivity index (χ0) is 10.3. The van der Waals surface area contributed by atoms with Crippen molar-refractivity contribution >= 4 is 15.9 Å². The molecule has 0 radical (unpaired) electrons. The first-order valence-corrected chi connectivity index (χ1v) is 6.14. The summed E-state index contributed by atoms with van der Waals surface area (Å²) in [4.78, 5) is 0. The van der Waals surface area contributed by atoms with Gasteiger partial charge in [-0.3, -0.25) is 0 Å². The van der Waals surface area contributed by atoms with E-state index in [2.05, 4.69) is 28.1 Å². The molecule has 0 bridgehead atoms. The Balaban J connectivity index is 1.57. The monoisotopic (exact) mass is 268 g/mol. The summed E-state index contributed by atoms with van der Waals surface area (Å²) in [7, 11) is 0. The Labute approximate surface area is 97.7 Å². The second-order valence-corrected chi connectivity index (χ2v) is 5.11. The van der Waals surface area contributed by atoms with Crippen LogP contribution in [0.3, 0.4) is 0 Å². The lowest BCUT2D eigenvalue weighted by Gasteiger charge is -2.12. The number of hydrogen-bond acceptors (Lipinski definition) is 2. The van der Waals surface area contributed by atoms with Gasteiger partial charge in [-0.15, -0.1) is 0 Å². The van der Waals surface area contributed by atoms with E-state index >= 15 is 0 Å². The number of halogens is 1. The molecule has 1 aromatic rings. The molecule has 3 atom stereocenters. The van der Waals surface area contributed by atoms with Gasteiger partial charge in [0.2, 0.25) is 0 Å². The quantitative estimate of drug-likeness (QED) is 0.787. The molecule has 1 saturated carbocycles. The fourth-order valence-electron chi connectivity index (χ4n) is 2.22. The first-order chi connectivity index (χ1) is 7.33. The lowest BCUT2D eigenvalue weighted by Crippen LogP contribution is -2.15. The van der Waals surface area contributed by atoms with Crippen LogP contribution in [0.25, 0.3) is 0 Å². The molecule has 15 heavy (non-hydrogen) atoms. The summed E-state index contributed by atoms with van der Waals surface area (Å²) in [5.74, 6) is 0. The van der Waals surface area contributed by atoms with E-state index in [1.54, 1.807) is 0 Å². The number of hydrogen-bond donors (Lipinski definition) is 0. The van der Waals surface area contributed by atoms with E-state index < -0.39 is 0 Å². The van der Waals surface area contributed by atoms with Crippen LogP contribution in [0.15, 0.2) is 28.7 Å². The number of epoxide rings is 1. The lowest BCUT2D eigenvalue weighted by molar-refractivity contribution is 0.0160. The van der Waals surface area contributed by atoms with E-state index in [4.69, 9.17) is 9.47 Å². The van der Waals surface area contributed by atoms with E-state index in [0.717, 1.165) is 10.9 Å². The molecule has 3 rings (SSSR count). The minimum absolute atomic E-state index is 0.328. The normalized spacial score (nSPS) is 32.7. The molecule has 2 aliphatic rings. The largest absolute Gasteiger partial charge is 0.371 e. The molecule has 0 amide bonds. The summed E-state index contributed by atoms with van der Waals surface area (Å²) in [6.45, 7) is 0.691. The van der Waals surface area contributed by atoms with Gasteiger partial charge >= 0.3 is 0 Å². The molecule has 0 aromatic heterocycles. The van der Waals surface area contributed by atoms with Gasteiger partial charge in [0, 0.05) is 4.47 Å². The summed E-state index contributed by atoms with van der Waals surface area (Å²) in [5.41, 5.74) is 1.22. The van der Waals surface area contributed by atoms with Gasteiger partial charge in [-0.2, -0.15) is 0 Å². The van der Waals surface area contributed by atoms with Gasteiger partial charge in [0.1, 0.15) is 6.10 Å². The van der Waals surface area contributed by atoms with Gasteiger partial charge in [0.25, 0.3) is 0 Å². The molecular formula is C12H13BrO2. The number of benzene rings is 1. The highest BCUT2D eigenvalue weighted by atomic mass is 79.9. The lowest BCUT2D eigenvalue weighted by atomic mass is 10.2. The molecule has 3 unspecified atom stereocenters. The Morgan fingerprint density at radius 3 is 3.00 bits per heavy atom. The Kier molecular flexibility index (Phi) is 2.54. The van der Waals surface area contributed by atoms with Crippen LogP contribution in [-0.4, -0.2) is 18.3 Å². The third-order valence-electron chi connectivity index (χ3n) is 3.08. The predicted octanol–water partition coefficient (Wildman–Crippen LogP) is 2.90. The van der Waals surface area contributed by atoms with Crippen molar-refractivity contribution in [1.82, 2.24) is 0 Å². The van der Waals surface area contributed by atoms with Gasteiger partial charge in [-0.25, -0.2) is 0 Å². The molecule has 0 N–H and O–H groups in total. The fourth-order valence-corrected chi connectivity index (χ4v) is 2.66. The molecule has 3 heteroatoms. The van der Waals surface area contributed by atoms with Crippen molar-refractivity contribution < 1.29 is 9.47 Å². The van der Waals surface area contributed by atoms with Crippen molar-refractivity contribution in [2.75, 3.05) is 0 Å². The van der Waals surface area contributed by atoms with Crippen molar-refractivity contribution in [2.45, 2.75) is 37.8 Å². The van der Waals surface area contributed by atoms with Crippen LogP contribution < -0.4 is 0 Å². The van der Waals surface area contributed by atoms with E-state index in [9.17, 15) is 0 Å². The average Bonchev–Trinajstić information content (AvgIpc) is 2.90. The number of ether oxygens (including phenoxy) is 2. The smallest absolute Gasteiger partial charge is 0.110 e. The highest BCUT2D eigenvalue weighted by Crippen LogP contribution is 2.40.